The van der Waals surface area contributed by atoms with E-state index in [1.54, 1.807) is 0 Å². The normalized spacial score (nSPS) is 21.6. The Morgan fingerprint density at radius 1 is 1.29 bits per heavy atom. The number of carbonyl (C=O) groups excluding carboxylic acids is 1. The molecule has 1 aliphatic heterocycles. The molecule has 1 saturated heterocycles. The monoisotopic (exact) mass is 326 g/mol. The van der Waals surface area contributed by atoms with Crippen molar-refractivity contribution in [1.29, 1.82) is 0 Å². The molecule has 1 unspecified atom stereocenters. The number of nitrogens with one attached hydrogen (secondary N) is 1. The van der Waals surface area contributed by atoms with Gasteiger partial charge in [-0.05, 0) is 51.2 Å². The molecule has 1 heterocycles. The summed E-state index contributed by atoms with van der Waals surface area (Å²) in [7, 11) is 5.91. The summed E-state index contributed by atoms with van der Waals surface area (Å²) in [6.07, 6.45) is 4.44. The second kappa shape index (κ2) is 6.79. The fraction of sp³-hybridized carbons (Fsp3) is 0.632. The Bertz CT molecular complexity index is 606. The summed E-state index contributed by atoms with van der Waals surface area (Å²) in [5.41, 5.74) is 3.13. The van der Waals surface area contributed by atoms with Crippen LogP contribution in [0, 0.1) is 0 Å². The lowest BCUT2D eigenvalue weighted by molar-refractivity contribution is -0.111. The summed E-state index contributed by atoms with van der Waals surface area (Å²) in [6.45, 7) is 7.48. The van der Waals surface area contributed by atoms with E-state index in [9.17, 15) is 4.79 Å². The van der Waals surface area contributed by atoms with Gasteiger partial charge >= 0.3 is 6.03 Å². The number of aryl methyl sites for hydroxylation is 1. The highest BCUT2D eigenvalue weighted by molar-refractivity contribution is 6.32. The minimum Gasteiger partial charge on any atom is -0.369 e. The molecule has 1 aromatic rings. The maximum atomic E-state index is 12.5. The van der Waals surface area contributed by atoms with E-state index in [2.05, 4.69) is 17.4 Å². The first-order chi connectivity index (χ1) is 11.3. The average molecular weight is 326 g/mol. The van der Waals surface area contributed by atoms with Crippen LogP contribution in [0.3, 0.4) is 0 Å². The van der Waals surface area contributed by atoms with Crippen LogP contribution >= 0.6 is 0 Å². The molecule has 2 amide bonds. The molecule has 1 N–H and O–H groups in total. The fourth-order valence-electron chi connectivity index (χ4n) is 3.57. The Balaban J connectivity index is 1.60. The van der Waals surface area contributed by atoms with Gasteiger partial charge in [0, 0.05) is 0 Å². The van der Waals surface area contributed by atoms with Crippen LogP contribution in [0.4, 0.5) is 4.79 Å². The largest absolute Gasteiger partial charge is 0.369 e. The minimum absolute atomic E-state index is 0.0124. The Kier molecular flexibility index (Phi) is 4.91. The van der Waals surface area contributed by atoms with Crippen LogP contribution in [0.5, 0.6) is 0 Å². The summed E-state index contributed by atoms with van der Waals surface area (Å²) in [6, 6.07) is 6.15. The van der Waals surface area contributed by atoms with Crippen LogP contribution in [0.2, 0.25) is 0 Å². The van der Waals surface area contributed by atoms with Crippen LogP contribution in [0.15, 0.2) is 18.2 Å². The number of ether oxygens (including phenoxy) is 1. The van der Waals surface area contributed by atoms with Gasteiger partial charge in [0.25, 0.3) is 0 Å². The molecule has 0 bridgehead atoms. The molecule has 1 fully saturated rings. The molecule has 0 aromatic heterocycles. The number of urea groups is 1. The second-order valence-electron chi connectivity index (χ2n) is 7.96. The fourth-order valence-corrected chi connectivity index (χ4v) is 3.57. The summed E-state index contributed by atoms with van der Waals surface area (Å²) >= 11 is 0. The molecule has 0 spiro atoms. The van der Waals surface area contributed by atoms with E-state index in [0.717, 1.165) is 31.1 Å². The summed E-state index contributed by atoms with van der Waals surface area (Å²) in [4.78, 5) is 14.4. The highest BCUT2D eigenvalue weighted by atomic mass is 16.5. The van der Waals surface area contributed by atoms with Gasteiger partial charge in [-0.2, -0.15) is 0 Å². The van der Waals surface area contributed by atoms with Crippen molar-refractivity contribution in [3.8, 4) is 0 Å². The Morgan fingerprint density at radius 2 is 2.04 bits per heavy atom. The lowest BCUT2D eigenvalue weighted by atomic mass is 9.89. The standard InChI is InChI=1S/C19H27BN2O2/c1-19(2,3)24-15-11-22(12-15)18(23)21-17-7-5-4-6-13-10-14(20)8-9-16(13)17/h8-10,15,17H,4-7,11-12H2,1-3H3,(H,21,23). The number of rotatable bonds is 2. The third-order valence-corrected chi connectivity index (χ3v) is 4.68. The van der Waals surface area contributed by atoms with Gasteiger partial charge in [0.2, 0.25) is 0 Å². The summed E-state index contributed by atoms with van der Waals surface area (Å²) < 4.78 is 5.90. The first-order valence-electron chi connectivity index (χ1n) is 8.93. The van der Waals surface area contributed by atoms with E-state index in [4.69, 9.17) is 12.6 Å². The van der Waals surface area contributed by atoms with E-state index < -0.39 is 0 Å². The molecule has 3 rings (SSSR count). The summed E-state index contributed by atoms with van der Waals surface area (Å²) in [5, 5.41) is 3.21. The highest BCUT2D eigenvalue weighted by Crippen LogP contribution is 2.29. The number of hydrogen-bond acceptors (Lipinski definition) is 2. The molecule has 4 nitrogen and oxygen atoms in total. The number of fused-ring (bicyclic) bond motifs is 1. The van der Waals surface area contributed by atoms with Crippen molar-refractivity contribution >= 4 is 19.3 Å². The smallest absolute Gasteiger partial charge is 0.318 e. The molecule has 1 atom stereocenters. The van der Waals surface area contributed by atoms with Crippen LogP contribution in [0.1, 0.15) is 57.2 Å². The van der Waals surface area contributed by atoms with Gasteiger partial charge in [-0.15, -0.1) is 0 Å². The van der Waals surface area contributed by atoms with Gasteiger partial charge in [0.05, 0.1) is 30.8 Å². The quantitative estimate of drug-likeness (QED) is 0.670. The lowest BCUT2D eigenvalue weighted by Crippen LogP contribution is -2.59. The molecular weight excluding hydrogens is 299 g/mol. The van der Waals surface area contributed by atoms with Gasteiger partial charge in [-0.1, -0.05) is 30.1 Å². The van der Waals surface area contributed by atoms with E-state index in [1.165, 1.54) is 11.1 Å². The molecule has 2 aliphatic rings. The van der Waals surface area contributed by atoms with E-state index in [0.29, 0.717) is 13.1 Å². The second-order valence-corrected chi connectivity index (χ2v) is 7.96. The molecule has 1 aliphatic carbocycles. The van der Waals surface area contributed by atoms with E-state index in [1.807, 2.05) is 31.7 Å². The first kappa shape index (κ1) is 17.3. The van der Waals surface area contributed by atoms with Crippen molar-refractivity contribution in [2.45, 2.75) is 64.2 Å². The molecule has 5 heteroatoms. The lowest BCUT2D eigenvalue weighted by Gasteiger charge is -2.42. The molecular formula is C19H27BN2O2. The van der Waals surface area contributed by atoms with Crippen LogP contribution in [-0.4, -0.2) is 43.6 Å². The van der Waals surface area contributed by atoms with Crippen LogP contribution in [0.25, 0.3) is 0 Å². The van der Waals surface area contributed by atoms with Gasteiger partial charge < -0.3 is 15.0 Å². The van der Waals surface area contributed by atoms with Crippen molar-refractivity contribution in [2.75, 3.05) is 13.1 Å². The highest BCUT2D eigenvalue weighted by Gasteiger charge is 2.35. The average Bonchev–Trinajstić information content (AvgIpc) is 2.63. The van der Waals surface area contributed by atoms with Crippen molar-refractivity contribution in [2.24, 2.45) is 0 Å². The molecule has 2 radical (unpaired) electrons. The van der Waals surface area contributed by atoms with Gasteiger partial charge in [0.1, 0.15) is 7.85 Å². The number of hydrogen-bond donors (Lipinski definition) is 1. The minimum atomic E-state index is -0.159. The number of likely N-dealkylation sites (tertiary alicyclic amines) is 1. The molecule has 1 aromatic carbocycles. The van der Waals surface area contributed by atoms with Gasteiger partial charge in [0.15, 0.2) is 0 Å². The van der Waals surface area contributed by atoms with Crippen molar-refractivity contribution in [3.05, 3.63) is 29.3 Å². The number of nitrogens with zero attached hydrogens (tertiary/aromatic N) is 1. The Hall–Kier alpha value is -1.49. The maximum Gasteiger partial charge on any atom is 0.318 e. The third-order valence-electron chi connectivity index (χ3n) is 4.68. The molecule has 128 valence electrons. The third kappa shape index (κ3) is 4.13. The van der Waals surface area contributed by atoms with E-state index >= 15 is 0 Å². The summed E-state index contributed by atoms with van der Waals surface area (Å²) in [5.74, 6) is 0. The number of amides is 2. The zero-order chi connectivity index (χ0) is 17.3. The number of benzene rings is 1. The molecule has 24 heavy (non-hydrogen) atoms. The van der Waals surface area contributed by atoms with Crippen molar-refractivity contribution in [1.82, 2.24) is 10.2 Å². The zero-order valence-electron chi connectivity index (χ0n) is 15.0. The van der Waals surface area contributed by atoms with E-state index in [-0.39, 0.29) is 23.8 Å². The topological polar surface area (TPSA) is 41.6 Å². The van der Waals surface area contributed by atoms with Crippen molar-refractivity contribution in [3.63, 3.8) is 0 Å². The maximum absolute atomic E-state index is 12.5. The first-order valence-corrected chi connectivity index (χ1v) is 8.93. The van der Waals surface area contributed by atoms with Crippen LogP contribution in [-0.2, 0) is 11.2 Å². The zero-order valence-corrected chi connectivity index (χ0v) is 15.0. The van der Waals surface area contributed by atoms with Gasteiger partial charge in [-0.3, -0.25) is 0 Å². The van der Waals surface area contributed by atoms with Crippen LogP contribution < -0.4 is 10.8 Å². The van der Waals surface area contributed by atoms with Crippen molar-refractivity contribution < 1.29 is 9.53 Å². The number of carbonyl (C=O) groups is 1. The SMILES string of the molecule is [B]c1ccc2c(c1)CCCCC2NC(=O)N1CC(OC(C)(C)C)C1. The predicted molar refractivity (Wildman–Crippen MR) is 96.9 cm³/mol. The van der Waals surface area contributed by atoms with Gasteiger partial charge in [-0.25, -0.2) is 4.79 Å². The molecule has 0 saturated carbocycles. The Morgan fingerprint density at radius 3 is 2.75 bits per heavy atom. The Labute approximate surface area is 146 Å². The predicted octanol–water partition coefficient (Wildman–Crippen LogP) is 2.46.